The molecule has 0 bridgehead atoms. The summed E-state index contributed by atoms with van der Waals surface area (Å²) in [5, 5.41) is 2.97. The number of fused-ring (bicyclic) bond motifs is 1. The van der Waals surface area contributed by atoms with Gasteiger partial charge in [-0.25, -0.2) is 0 Å². The van der Waals surface area contributed by atoms with Crippen LogP contribution >= 0.6 is 15.9 Å². The summed E-state index contributed by atoms with van der Waals surface area (Å²) < 4.78 is 0. The second kappa shape index (κ2) is 8.31. The zero-order valence-electron chi connectivity index (χ0n) is 17.8. The van der Waals surface area contributed by atoms with Crippen LogP contribution in [0.15, 0.2) is 42.5 Å². The third kappa shape index (κ3) is 5.08. The van der Waals surface area contributed by atoms with Gasteiger partial charge < -0.3 is 10.2 Å². The van der Waals surface area contributed by atoms with Gasteiger partial charge in [0, 0.05) is 17.1 Å². The normalized spacial score (nSPS) is 19.5. The van der Waals surface area contributed by atoms with Crippen molar-refractivity contribution in [3.63, 3.8) is 0 Å². The van der Waals surface area contributed by atoms with Crippen LogP contribution < -0.4 is 10.2 Å². The van der Waals surface area contributed by atoms with Crippen LogP contribution in [-0.4, -0.2) is 28.7 Å². The van der Waals surface area contributed by atoms with Crippen molar-refractivity contribution in [1.29, 1.82) is 0 Å². The SMILES string of the molecule is Cc1ccc([C@H]2C[C@H](Br)C(=O)N(CC(=O)NC(C)(C)C)c3cc(C)ccc32)cc1. The molecule has 1 N–H and O–H groups in total. The Hall–Kier alpha value is -2.14. The summed E-state index contributed by atoms with van der Waals surface area (Å²) in [7, 11) is 0. The Morgan fingerprint density at radius 2 is 1.72 bits per heavy atom. The molecule has 5 heteroatoms. The molecular weight excluding hydrogens is 428 g/mol. The van der Waals surface area contributed by atoms with Crippen LogP contribution in [0.5, 0.6) is 0 Å². The van der Waals surface area contributed by atoms with Crippen molar-refractivity contribution in [3.05, 3.63) is 64.7 Å². The van der Waals surface area contributed by atoms with Gasteiger partial charge in [0.2, 0.25) is 11.8 Å². The first-order valence-corrected chi connectivity index (χ1v) is 10.9. The van der Waals surface area contributed by atoms with E-state index in [2.05, 4.69) is 64.6 Å². The Morgan fingerprint density at radius 1 is 1.10 bits per heavy atom. The van der Waals surface area contributed by atoms with Gasteiger partial charge in [-0.3, -0.25) is 9.59 Å². The molecular formula is C24H29BrN2O2. The number of amides is 2. The molecule has 2 amide bonds. The zero-order valence-corrected chi connectivity index (χ0v) is 19.3. The summed E-state index contributed by atoms with van der Waals surface area (Å²) in [6, 6.07) is 14.7. The molecule has 0 fully saturated rings. The molecule has 4 nitrogen and oxygen atoms in total. The van der Waals surface area contributed by atoms with Gasteiger partial charge in [0.15, 0.2) is 0 Å². The van der Waals surface area contributed by atoms with Crippen LogP contribution in [-0.2, 0) is 9.59 Å². The van der Waals surface area contributed by atoms with Crippen molar-refractivity contribution in [2.45, 2.75) is 57.3 Å². The van der Waals surface area contributed by atoms with Gasteiger partial charge in [0.05, 0.1) is 4.83 Å². The first-order valence-electron chi connectivity index (χ1n) is 9.99. The van der Waals surface area contributed by atoms with Crippen molar-refractivity contribution in [2.75, 3.05) is 11.4 Å². The molecule has 2 aromatic rings. The molecule has 0 spiro atoms. The average Bonchev–Trinajstić information content (AvgIpc) is 2.71. The number of halogens is 1. The topological polar surface area (TPSA) is 49.4 Å². The van der Waals surface area contributed by atoms with E-state index in [4.69, 9.17) is 0 Å². The van der Waals surface area contributed by atoms with Crippen LogP contribution in [0.2, 0.25) is 0 Å². The third-order valence-corrected chi connectivity index (χ3v) is 5.89. The summed E-state index contributed by atoms with van der Waals surface area (Å²) in [6.45, 7) is 9.90. The van der Waals surface area contributed by atoms with Crippen LogP contribution in [0.3, 0.4) is 0 Å². The average molecular weight is 457 g/mol. The van der Waals surface area contributed by atoms with E-state index in [0.29, 0.717) is 6.42 Å². The van der Waals surface area contributed by atoms with Crippen LogP contribution in [0, 0.1) is 13.8 Å². The highest BCUT2D eigenvalue weighted by Crippen LogP contribution is 2.41. The highest BCUT2D eigenvalue weighted by Gasteiger charge is 2.35. The molecule has 1 heterocycles. The maximum atomic E-state index is 13.3. The number of hydrogen-bond acceptors (Lipinski definition) is 2. The maximum absolute atomic E-state index is 13.3. The van der Waals surface area contributed by atoms with Gasteiger partial charge >= 0.3 is 0 Å². The molecule has 0 saturated heterocycles. The number of anilines is 1. The zero-order chi connectivity index (χ0) is 21.3. The predicted octanol–water partition coefficient (Wildman–Crippen LogP) is 4.85. The van der Waals surface area contributed by atoms with E-state index in [0.717, 1.165) is 16.8 Å². The molecule has 2 aromatic carbocycles. The number of aryl methyl sites for hydroxylation is 2. The Bertz CT molecular complexity index is 915. The van der Waals surface area contributed by atoms with Gasteiger partial charge in [-0.15, -0.1) is 0 Å². The summed E-state index contributed by atoms with van der Waals surface area (Å²) in [4.78, 5) is 27.2. The van der Waals surface area contributed by atoms with E-state index in [9.17, 15) is 9.59 Å². The fraction of sp³-hybridized carbons (Fsp3) is 0.417. The number of hydrogen-bond donors (Lipinski definition) is 1. The predicted molar refractivity (Wildman–Crippen MR) is 122 cm³/mol. The van der Waals surface area contributed by atoms with E-state index in [1.807, 2.05) is 33.8 Å². The first kappa shape index (κ1) is 21.6. The lowest BCUT2D eigenvalue weighted by Gasteiger charge is -2.27. The van der Waals surface area contributed by atoms with Crippen LogP contribution in [0.25, 0.3) is 0 Å². The summed E-state index contributed by atoms with van der Waals surface area (Å²) >= 11 is 3.60. The van der Waals surface area contributed by atoms with Crippen molar-refractivity contribution in [1.82, 2.24) is 5.32 Å². The molecule has 1 aliphatic heterocycles. The maximum Gasteiger partial charge on any atom is 0.241 e. The molecule has 1 aliphatic rings. The number of alkyl halides is 1. The minimum Gasteiger partial charge on any atom is -0.350 e. The lowest BCUT2D eigenvalue weighted by molar-refractivity contribution is -0.124. The standard InChI is InChI=1S/C24H29BrN2O2/c1-15-6-9-17(10-7-15)19-13-20(25)23(29)27(14-22(28)26-24(3,4)5)21-12-16(2)8-11-18(19)21/h6-12,19-20H,13-14H2,1-5H3,(H,26,28)/t19-,20+/m1/s1. The molecule has 3 rings (SSSR count). The van der Waals surface area contributed by atoms with E-state index in [1.165, 1.54) is 11.1 Å². The molecule has 29 heavy (non-hydrogen) atoms. The number of benzene rings is 2. The van der Waals surface area contributed by atoms with Crippen LogP contribution in [0.4, 0.5) is 5.69 Å². The van der Waals surface area contributed by atoms with E-state index >= 15 is 0 Å². The Balaban J connectivity index is 2.05. The highest BCUT2D eigenvalue weighted by molar-refractivity contribution is 9.10. The number of nitrogens with one attached hydrogen (secondary N) is 1. The fourth-order valence-corrected chi connectivity index (χ4v) is 4.40. The van der Waals surface area contributed by atoms with Crippen molar-refractivity contribution in [3.8, 4) is 0 Å². The molecule has 0 saturated carbocycles. The van der Waals surface area contributed by atoms with Gasteiger partial charge in [0.25, 0.3) is 0 Å². The van der Waals surface area contributed by atoms with Crippen molar-refractivity contribution < 1.29 is 9.59 Å². The van der Waals surface area contributed by atoms with Gasteiger partial charge in [-0.05, 0) is 63.8 Å². The number of nitrogens with zero attached hydrogens (tertiary/aromatic N) is 1. The smallest absolute Gasteiger partial charge is 0.241 e. The molecule has 0 aliphatic carbocycles. The fourth-order valence-electron chi connectivity index (χ4n) is 3.78. The van der Waals surface area contributed by atoms with E-state index < -0.39 is 0 Å². The summed E-state index contributed by atoms with van der Waals surface area (Å²) in [6.07, 6.45) is 0.648. The van der Waals surface area contributed by atoms with Gasteiger partial charge in [-0.2, -0.15) is 0 Å². The quantitative estimate of drug-likeness (QED) is 0.670. The Kier molecular flexibility index (Phi) is 6.18. The second-order valence-electron chi connectivity index (χ2n) is 8.95. The minimum atomic E-state index is -0.357. The number of rotatable bonds is 3. The lowest BCUT2D eigenvalue weighted by atomic mass is 9.86. The Morgan fingerprint density at radius 3 is 2.34 bits per heavy atom. The Labute approximate surface area is 181 Å². The number of carbonyl (C=O) groups excluding carboxylic acids is 2. The molecule has 2 atom stereocenters. The second-order valence-corrected chi connectivity index (χ2v) is 10.1. The van der Waals surface area contributed by atoms with E-state index in [1.54, 1.807) is 4.90 Å². The third-order valence-electron chi connectivity index (χ3n) is 5.12. The first-order chi connectivity index (χ1) is 13.5. The molecule has 0 radical (unpaired) electrons. The lowest BCUT2D eigenvalue weighted by Crippen LogP contribution is -2.48. The summed E-state index contributed by atoms with van der Waals surface area (Å²) in [5.74, 6) is -0.155. The van der Waals surface area contributed by atoms with Gasteiger partial charge in [0.1, 0.15) is 6.54 Å². The van der Waals surface area contributed by atoms with Crippen LogP contribution in [0.1, 0.15) is 55.4 Å². The number of carbonyl (C=O) groups is 2. The molecule has 154 valence electrons. The highest BCUT2D eigenvalue weighted by atomic mass is 79.9. The molecule has 0 unspecified atom stereocenters. The minimum absolute atomic E-state index is 0.00920. The molecule has 0 aromatic heterocycles. The summed E-state index contributed by atoms with van der Waals surface area (Å²) in [5.41, 5.74) is 5.01. The van der Waals surface area contributed by atoms with Gasteiger partial charge in [-0.1, -0.05) is 57.9 Å². The van der Waals surface area contributed by atoms with E-state index in [-0.39, 0.29) is 34.6 Å². The largest absolute Gasteiger partial charge is 0.350 e. The monoisotopic (exact) mass is 456 g/mol. The van der Waals surface area contributed by atoms with Crippen molar-refractivity contribution >= 4 is 33.4 Å². The van der Waals surface area contributed by atoms with Crippen molar-refractivity contribution in [2.24, 2.45) is 0 Å².